The van der Waals surface area contributed by atoms with E-state index in [0.717, 1.165) is 31.4 Å². The fourth-order valence-corrected chi connectivity index (χ4v) is 2.88. The minimum absolute atomic E-state index is 0.197. The lowest BCUT2D eigenvalue weighted by Gasteiger charge is -2.34. The van der Waals surface area contributed by atoms with Crippen LogP contribution in [0.5, 0.6) is 0 Å². The standard InChI is InChI=1S/C18H31N/c1-7-17(5,8-2)14-12-11-13-15(16(14)19)18(6,9-3)10-4/h11-13H,7-10,19H2,1-6H3. The molecule has 0 saturated carbocycles. The summed E-state index contributed by atoms with van der Waals surface area (Å²) < 4.78 is 0. The Hall–Kier alpha value is -0.980. The fourth-order valence-electron chi connectivity index (χ4n) is 2.88. The molecule has 2 N–H and O–H groups in total. The molecule has 0 amide bonds. The molecule has 1 heteroatoms. The molecule has 0 unspecified atom stereocenters. The molecule has 1 rings (SSSR count). The number of para-hydroxylation sites is 1. The van der Waals surface area contributed by atoms with Crippen molar-refractivity contribution in [2.45, 2.75) is 78.1 Å². The molecule has 0 aliphatic heterocycles. The Labute approximate surface area is 119 Å². The number of hydrogen-bond donors (Lipinski definition) is 1. The second-order valence-electron chi connectivity index (χ2n) is 6.30. The van der Waals surface area contributed by atoms with Gasteiger partial charge in [0.15, 0.2) is 0 Å². The zero-order valence-electron chi connectivity index (χ0n) is 13.6. The first kappa shape index (κ1) is 16.1. The zero-order chi connectivity index (χ0) is 14.7. The van der Waals surface area contributed by atoms with Crippen LogP contribution in [0, 0.1) is 0 Å². The summed E-state index contributed by atoms with van der Waals surface area (Å²) in [6.45, 7) is 13.7. The molecule has 0 heterocycles. The van der Waals surface area contributed by atoms with Crippen molar-refractivity contribution in [1.29, 1.82) is 0 Å². The van der Waals surface area contributed by atoms with Gasteiger partial charge in [-0.25, -0.2) is 0 Å². The molecule has 0 spiro atoms. The smallest absolute Gasteiger partial charge is 0.0390 e. The third kappa shape index (κ3) is 2.80. The van der Waals surface area contributed by atoms with Crippen LogP contribution in [0.3, 0.4) is 0 Å². The Balaban J connectivity index is 3.42. The average molecular weight is 261 g/mol. The normalized spacial score (nSPS) is 12.7. The molecule has 0 saturated heterocycles. The Bertz CT molecular complexity index is 375. The molecular weight excluding hydrogens is 230 g/mol. The summed E-state index contributed by atoms with van der Waals surface area (Å²) in [6, 6.07) is 6.63. The Morgan fingerprint density at radius 3 is 1.37 bits per heavy atom. The molecule has 0 aromatic heterocycles. The minimum atomic E-state index is 0.197. The van der Waals surface area contributed by atoms with E-state index in [1.807, 2.05) is 0 Å². The first-order valence-corrected chi connectivity index (χ1v) is 7.78. The van der Waals surface area contributed by atoms with Crippen LogP contribution in [0.4, 0.5) is 5.69 Å². The highest BCUT2D eigenvalue weighted by Gasteiger charge is 2.30. The van der Waals surface area contributed by atoms with Gasteiger partial charge in [0.2, 0.25) is 0 Å². The second-order valence-corrected chi connectivity index (χ2v) is 6.30. The largest absolute Gasteiger partial charge is 0.398 e. The number of hydrogen-bond acceptors (Lipinski definition) is 1. The van der Waals surface area contributed by atoms with Gasteiger partial charge in [-0.2, -0.15) is 0 Å². The molecule has 1 aromatic rings. The van der Waals surface area contributed by atoms with Crippen molar-refractivity contribution in [3.63, 3.8) is 0 Å². The zero-order valence-corrected chi connectivity index (χ0v) is 13.6. The molecule has 1 aromatic carbocycles. The maximum Gasteiger partial charge on any atom is 0.0390 e. The summed E-state index contributed by atoms with van der Waals surface area (Å²) in [6.07, 6.45) is 4.52. The average Bonchev–Trinajstić information content (AvgIpc) is 2.45. The van der Waals surface area contributed by atoms with E-state index < -0.39 is 0 Å². The van der Waals surface area contributed by atoms with Crippen LogP contribution in [0.2, 0.25) is 0 Å². The summed E-state index contributed by atoms with van der Waals surface area (Å²) in [5, 5.41) is 0. The third-order valence-corrected chi connectivity index (χ3v) is 5.53. The molecule has 108 valence electrons. The lowest BCUT2D eigenvalue weighted by molar-refractivity contribution is 0.427. The number of benzene rings is 1. The molecule has 0 fully saturated rings. The predicted molar refractivity (Wildman–Crippen MR) is 86.7 cm³/mol. The van der Waals surface area contributed by atoms with E-state index >= 15 is 0 Å². The lowest BCUT2D eigenvalue weighted by atomic mass is 9.71. The van der Waals surface area contributed by atoms with Gasteiger partial charge in [0.1, 0.15) is 0 Å². The molecule has 0 aliphatic carbocycles. The third-order valence-electron chi connectivity index (χ3n) is 5.53. The van der Waals surface area contributed by atoms with Crippen LogP contribution >= 0.6 is 0 Å². The first-order valence-electron chi connectivity index (χ1n) is 7.78. The molecule has 0 bridgehead atoms. The van der Waals surface area contributed by atoms with Crippen molar-refractivity contribution < 1.29 is 0 Å². The van der Waals surface area contributed by atoms with Crippen molar-refractivity contribution in [2.75, 3.05) is 5.73 Å². The highest BCUT2D eigenvalue weighted by Crippen LogP contribution is 2.41. The summed E-state index contributed by atoms with van der Waals surface area (Å²) in [5.41, 5.74) is 10.7. The second kappa shape index (κ2) is 5.98. The Morgan fingerprint density at radius 2 is 1.11 bits per heavy atom. The van der Waals surface area contributed by atoms with Gasteiger partial charge in [0.25, 0.3) is 0 Å². The number of rotatable bonds is 6. The van der Waals surface area contributed by atoms with E-state index in [4.69, 9.17) is 5.73 Å². The molecular formula is C18H31N. The fraction of sp³-hybridized carbons (Fsp3) is 0.667. The van der Waals surface area contributed by atoms with Gasteiger partial charge < -0.3 is 5.73 Å². The van der Waals surface area contributed by atoms with Crippen molar-refractivity contribution >= 4 is 5.69 Å². The highest BCUT2D eigenvalue weighted by molar-refractivity contribution is 5.59. The van der Waals surface area contributed by atoms with Gasteiger partial charge in [-0.15, -0.1) is 0 Å². The maximum absolute atomic E-state index is 6.56. The summed E-state index contributed by atoms with van der Waals surface area (Å²) >= 11 is 0. The minimum Gasteiger partial charge on any atom is -0.398 e. The van der Waals surface area contributed by atoms with Gasteiger partial charge in [-0.1, -0.05) is 59.7 Å². The van der Waals surface area contributed by atoms with Gasteiger partial charge in [-0.05, 0) is 47.6 Å². The van der Waals surface area contributed by atoms with Gasteiger partial charge in [-0.3, -0.25) is 0 Å². The SMILES string of the molecule is CCC(C)(CC)c1cccc(C(C)(CC)CC)c1N. The maximum atomic E-state index is 6.56. The van der Waals surface area contributed by atoms with Gasteiger partial charge in [0.05, 0.1) is 0 Å². The topological polar surface area (TPSA) is 26.0 Å². The van der Waals surface area contributed by atoms with E-state index in [2.05, 4.69) is 59.7 Å². The Kier molecular flexibility index (Phi) is 5.06. The highest BCUT2D eigenvalue weighted by atomic mass is 14.6. The quantitative estimate of drug-likeness (QED) is 0.679. The van der Waals surface area contributed by atoms with E-state index in [-0.39, 0.29) is 10.8 Å². The molecule has 0 radical (unpaired) electrons. The van der Waals surface area contributed by atoms with Crippen LogP contribution in [0.1, 0.15) is 78.4 Å². The summed E-state index contributed by atoms with van der Waals surface area (Å²) in [7, 11) is 0. The van der Waals surface area contributed by atoms with E-state index in [0.29, 0.717) is 0 Å². The number of nitrogen functional groups attached to an aromatic ring is 1. The van der Waals surface area contributed by atoms with Crippen molar-refractivity contribution in [3.05, 3.63) is 29.3 Å². The molecule has 0 aliphatic rings. The lowest BCUT2D eigenvalue weighted by Crippen LogP contribution is -2.26. The van der Waals surface area contributed by atoms with E-state index in [9.17, 15) is 0 Å². The summed E-state index contributed by atoms with van der Waals surface area (Å²) in [5.74, 6) is 0. The van der Waals surface area contributed by atoms with Crippen LogP contribution in [0.25, 0.3) is 0 Å². The number of anilines is 1. The van der Waals surface area contributed by atoms with Crippen molar-refractivity contribution in [3.8, 4) is 0 Å². The van der Waals surface area contributed by atoms with E-state index in [1.54, 1.807) is 0 Å². The number of nitrogens with two attached hydrogens (primary N) is 1. The summed E-state index contributed by atoms with van der Waals surface area (Å²) in [4.78, 5) is 0. The van der Waals surface area contributed by atoms with Gasteiger partial charge >= 0.3 is 0 Å². The van der Waals surface area contributed by atoms with Crippen LogP contribution in [-0.2, 0) is 10.8 Å². The van der Waals surface area contributed by atoms with Gasteiger partial charge in [0, 0.05) is 5.69 Å². The predicted octanol–water partition coefficient (Wildman–Crippen LogP) is 5.42. The van der Waals surface area contributed by atoms with Crippen molar-refractivity contribution in [2.24, 2.45) is 0 Å². The van der Waals surface area contributed by atoms with Crippen LogP contribution in [-0.4, -0.2) is 0 Å². The Morgan fingerprint density at radius 1 is 0.789 bits per heavy atom. The van der Waals surface area contributed by atoms with Crippen molar-refractivity contribution in [1.82, 2.24) is 0 Å². The molecule has 1 nitrogen and oxygen atoms in total. The first-order chi connectivity index (χ1) is 8.88. The van der Waals surface area contributed by atoms with Crippen LogP contribution in [0.15, 0.2) is 18.2 Å². The monoisotopic (exact) mass is 261 g/mol. The van der Waals surface area contributed by atoms with Crippen LogP contribution < -0.4 is 5.73 Å². The molecule has 0 atom stereocenters. The molecule has 19 heavy (non-hydrogen) atoms. The van der Waals surface area contributed by atoms with E-state index in [1.165, 1.54) is 11.1 Å².